The predicted molar refractivity (Wildman–Crippen MR) is 101 cm³/mol. The van der Waals surface area contributed by atoms with Gasteiger partial charge in [-0.1, -0.05) is 35.3 Å². The lowest BCUT2D eigenvalue weighted by Crippen LogP contribution is -2.34. The van der Waals surface area contributed by atoms with Crippen molar-refractivity contribution in [3.8, 4) is 11.5 Å². The zero-order valence-electron chi connectivity index (χ0n) is 13.9. The zero-order valence-corrected chi connectivity index (χ0v) is 15.4. The van der Waals surface area contributed by atoms with Crippen LogP contribution >= 0.6 is 23.2 Å². The Kier molecular flexibility index (Phi) is 5.52. The highest BCUT2D eigenvalue weighted by molar-refractivity contribution is 6.35. The standard InChI is InChI=1S/C19H20Cl2N2O2/c1-12-8-13(10-22)11-23(12)19(24)15-4-2-3-5-17(15)25-18-7-6-14(20)9-16(18)21/h2-7,9,12-13H,8,10-11,22H2,1H3. The summed E-state index contributed by atoms with van der Waals surface area (Å²) in [7, 11) is 0. The van der Waals surface area contributed by atoms with Gasteiger partial charge in [0.05, 0.1) is 10.6 Å². The normalized spacial score (nSPS) is 19.9. The molecule has 0 bridgehead atoms. The van der Waals surface area contributed by atoms with Crippen molar-refractivity contribution in [2.45, 2.75) is 19.4 Å². The summed E-state index contributed by atoms with van der Waals surface area (Å²) >= 11 is 12.1. The second kappa shape index (κ2) is 7.65. The van der Waals surface area contributed by atoms with E-state index < -0.39 is 0 Å². The third-order valence-corrected chi connectivity index (χ3v) is 5.02. The third kappa shape index (κ3) is 3.92. The number of rotatable bonds is 4. The molecule has 1 aliphatic heterocycles. The molecule has 2 unspecified atom stereocenters. The molecule has 0 saturated carbocycles. The van der Waals surface area contributed by atoms with Gasteiger partial charge in [0.1, 0.15) is 11.5 Å². The first-order valence-electron chi connectivity index (χ1n) is 8.22. The van der Waals surface area contributed by atoms with Crippen LogP contribution in [-0.4, -0.2) is 29.9 Å². The van der Waals surface area contributed by atoms with Gasteiger partial charge in [0.25, 0.3) is 5.91 Å². The summed E-state index contributed by atoms with van der Waals surface area (Å²) in [6.07, 6.45) is 0.925. The number of nitrogens with zero attached hydrogens (tertiary/aromatic N) is 1. The predicted octanol–water partition coefficient (Wildman–Crippen LogP) is 4.60. The first-order chi connectivity index (χ1) is 12.0. The van der Waals surface area contributed by atoms with Crippen molar-refractivity contribution in [1.29, 1.82) is 0 Å². The molecule has 4 nitrogen and oxygen atoms in total. The second-order valence-electron chi connectivity index (χ2n) is 6.32. The van der Waals surface area contributed by atoms with Crippen LogP contribution in [0.1, 0.15) is 23.7 Å². The molecule has 25 heavy (non-hydrogen) atoms. The van der Waals surface area contributed by atoms with E-state index in [1.165, 1.54) is 0 Å². The van der Waals surface area contributed by atoms with Crippen molar-refractivity contribution in [1.82, 2.24) is 4.90 Å². The maximum Gasteiger partial charge on any atom is 0.257 e. The Balaban J connectivity index is 1.87. The first kappa shape index (κ1) is 18.1. The summed E-state index contributed by atoms with van der Waals surface area (Å²) in [5.41, 5.74) is 6.28. The summed E-state index contributed by atoms with van der Waals surface area (Å²) in [5, 5.41) is 0.924. The summed E-state index contributed by atoms with van der Waals surface area (Å²) in [4.78, 5) is 14.9. The van der Waals surface area contributed by atoms with E-state index in [1.807, 2.05) is 24.0 Å². The van der Waals surface area contributed by atoms with Crippen LogP contribution in [0.2, 0.25) is 10.0 Å². The average molecular weight is 379 g/mol. The quantitative estimate of drug-likeness (QED) is 0.845. The minimum absolute atomic E-state index is 0.0517. The molecule has 2 N–H and O–H groups in total. The van der Waals surface area contributed by atoms with Crippen LogP contribution in [0.5, 0.6) is 11.5 Å². The van der Waals surface area contributed by atoms with E-state index in [0.29, 0.717) is 46.1 Å². The van der Waals surface area contributed by atoms with E-state index >= 15 is 0 Å². The van der Waals surface area contributed by atoms with E-state index in [9.17, 15) is 4.79 Å². The Hall–Kier alpha value is -1.75. The van der Waals surface area contributed by atoms with Gasteiger partial charge in [0.2, 0.25) is 0 Å². The third-order valence-electron chi connectivity index (χ3n) is 4.49. The number of halogens is 2. The van der Waals surface area contributed by atoms with Gasteiger partial charge in [0, 0.05) is 17.6 Å². The molecule has 132 valence electrons. The van der Waals surface area contributed by atoms with E-state index in [4.69, 9.17) is 33.7 Å². The van der Waals surface area contributed by atoms with Crippen molar-refractivity contribution in [2.24, 2.45) is 11.7 Å². The van der Waals surface area contributed by atoms with Crippen LogP contribution in [0.4, 0.5) is 0 Å². The van der Waals surface area contributed by atoms with E-state index in [1.54, 1.807) is 30.3 Å². The van der Waals surface area contributed by atoms with Gasteiger partial charge in [-0.15, -0.1) is 0 Å². The number of hydrogen-bond acceptors (Lipinski definition) is 3. The van der Waals surface area contributed by atoms with Crippen LogP contribution in [0.3, 0.4) is 0 Å². The lowest BCUT2D eigenvalue weighted by Gasteiger charge is -2.23. The fourth-order valence-electron chi connectivity index (χ4n) is 3.16. The highest BCUT2D eigenvalue weighted by Crippen LogP contribution is 2.34. The molecule has 0 aliphatic carbocycles. The smallest absolute Gasteiger partial charge is 0.257 e. The summed E-state index contributed by atoms with van der Waals surface area (Å²) < 4.78 is 5.90. The lowest BCUT2D eigenvalue weighted by molar-refractivity contribution is 0.0741. The topological polar surface area (TPSA) is 55.6 Å². The van der Waals surface area contributed by atoms with Crippen LogP contribution in [-0.2, 0) is 0 Å². The molecule has 2 aromatic rings. The Morgan fingerprint density at radius 2 is 2.00 bits per heavy atom. The lowest BCUT2D eigenvalue weighted by atomic mass is 10.1. The Morgan fingerprint density at radius 3 is 2.68 bits per heavy atom. The molecule has 3 rings (SSSR count). The summed E-state index contributed by atoms with van der Waals surface area (Å²) in [5.74, 6) is 1.22. The zero-order chi connectivity index (χ0) is 18.0. The van der Waals surface area contributed by atoms with E-state index in [-0.39, 0.29) is 11.9 Å². The highest BCUT2D eigenvalue weighted by atomic mass is 35.5. The van der Waals surface area contributed by atoms with Crippen molar-refractivity contribution in [3.63, 3.8) is 0 Å². The number of carbonyl (C=O) groups excluding carboxylic acids is 1. The first-order valence-corrected chi connectivity index (χ1v) is 8.98. The number of para-hydroxylation sites is 1. The molecule has 0 spiro atoms. The molecule has 1 aliphatic rings. The summed E-state index contributed by atoms with van der Waals surface area (Å²) in [6.45, 7) is 3.31. The maximum absolute atomic E-state index is 13.0. The minimum atomic E-state index is -0.0517. The number of carbonyl (C=O) groups is 1. The molecule has 2 aromatic carbocycles. The number of likely N-dealkylation sites (tertiary alicyclic amines) is 1. The van der Waals surface area contributed by atoms with Crippen molar-refractivity contribution in [2.75, 3.05) is 13.1 Å². The van der Waals surface area contributed by atoms with Crippen molar-refractivity contribution >= 4 is 29.1 Å². The fourth-order valence-corrected chi connectivity index (χ4v) is 3.61. The number of benzene rings is 2. The van der Waals surface area contributed by atoms with Crippen LogP contribution in [0, 0.1) is 5.92 Å². The molecule has 0 aromatic heterocycles. The monoisotopic (exact) mass is 378 g/mol. The van der Waals surface area contributed by atoms with Gasteiger partial charge in [-0.05, 0) is 56.1 Å². The molecule has 6 heteroatoms. The molecule has 0 radical (unpaired) electrons. The van der Waals surface area contributed by atoms with E-state index in [0.717, 1.165) is 6.42 Å². The fraction of sp³-hybridized carbons (Fsp3) is 0.316. The molecular weight excluding hydrogens is 359 g/mol. The van der Waals surface area contributed by atoms with E-state index in [2.05, 4.69) is 0 Å². The van der Waals surface area contributed by atoms with Crippen LogP contribution < -0.4 is 10.5 Å². The van der Waals surface area contributed by atoms with Crippen molar-refractivity contribution < 1.29 is 9.53 Å². The van der Waals surface area contributed by atoms with Crippen molar-refractivity contribution in [3.05, 3.63) is 58.1 Å². The maximum atomic E-state index is 13.0. The molecule has 1 amide bonds. The molecule has 2 atom stereocenters. The Bertz CT molecular complexity index is 782. The van der Waals surface area contributed by atoms with Crippen LogP contribution in [0.15, 0.2) is 42.5 Å². The largest absolute Gasteiger partial charge is 0.455 e. The van der Waals surface area contributed by atoms with Gasteiger partial charge >= 0.3 is 0 Å². The highest BCUT2D eigenvalue weighted by Gasteiger charge is 2.33. The SMILES string of the molecule is CC1CC(CN)CN1C(=O)c1ccccc1Oc1ccc(Cl)cc1Cl. The van der Waals surface area contributed by atoms with Gasteiger partial charge < -0.3 is 15.4 Å². The minimum Gasteiger partial charge on any atom is -0.455 e. The number of ether oxygens (including phenoxy) is 1. The molecule has 1 saturated heterocycles. The Labute approximate surface area is 157 Å². The molecular formula is C19H20Cl2N2O2. The van der Waals surface area contributed by atoms with Gasteiger partial charge in [-0.25, -0.2) is 0 Å². The second-order valence-corrected chi connectivity index (χ2v) is 7.16. The average Bonchev–Trinajstić information content (AvgIpc) is 2.98. The van der Waals surface area contributed by atoms with Gasteiger partial charge in [-0.3, -0.25) is 4.79 Å². The van der Waals surface area contributed by atoms with Crippen LogP contribution in [0.25, 0.3) is 0 Å². The number of amides is 1. The number of hydrogen-bond donors (Lipinski definition) is 1. The molecule has 1 heterocycles. The number of nitrogens with two attached hydrogens (primary N) is 1. The molecule has 1 fully saturated rings. The Morgan fingerprint density at radius 1 is 1.24 bits per heavy atom. The summed E-state index contributed by atoms with van der Waals surface area (Å²) in [6, 6.07) is 12.3. The van der Waals surface area contributed by atoms with Gasteiger partial charge in [-0.2, -0.15) is 0 Å². The van der Waals surface area contributed by atoms with Gasteiger partial charge in [0.15, 0.2) is 0 Å².